The van der Waals surface area contributed by atoms with Gasteiger partial charge >= 0.3 is 5.97 Å². The average Bonchev–Trinajstić information content (AvgIpc) is 3.48. The molecular formula is C28H24ClN3O4. The van der Waals surface area contributed by atoms with Crippen LogP contribution in [0.4, 0.5) is 0 Å². The lowest BCUT2D eigenvalue weighted by molar-refractivity contribution is 0.0693. The number of hydrogen-bond acceptors (Lipinski definition) is 5. The Morgan fingerprint density at radius 1 is 1.08 bits per heavy atom. The molecule has 0 aliphatic carbocycles. The number of ether oxygens (including phenoxy) is 1. The van der Waals surface area contributed by atoms with Crippen LogP contribution in [0.2, 0.25) is 5.02 Å². The number of carboxylic acid groups (broad SMARTS) is 1. The van der Waals surface area contributed by atoms with Gasteiger partial charge in [0.2, 0.25) is 5.89 Å². The third kappa shape index (κ3) is 4.45. The Balaban J connectivity index is 1.45. The molecule has 0 fully saturated rings. The number of imidazole rings is 1. The van der Waals surface area contributed by atoms with E-state index in [1.807, 2.05) is 50.2 Å². The Labute approximate surface area is 212 Å². The number of benzene rings is 3. The summed E-state index contributed by atoms with van der Waals surface area (Å²) in [6.45, 7) is 6.40. The minimum absolute atomic E-state index is 0.148. The number of fused-ring (bicyclic) bond motifs is 1. The first-order valence-corrected chi connectivity index (χ1v) is 11.8. The van der Waals surface area contributed by atoms with E-state index in [2.05, 4.69) is 9.55 Å². The van der Waals surface area contributed by atoms with Crippen LogP contribution in [0.25, 0.3) is 22.5 Å². The molecule has 36 heavy (non-hydrogen) atoms. The monoisotopic (exact) mass is 501 g/mol. The van der Waals surface area contributed by atoms with E-state index < -0.39 is 5.97 Å². The second-order valence-electron chi connectivity index (χ2n) is 8.70. The number of halogens is 1. The summed E-state index contributed by atoms with van der Waals surface area (Å²) < 4.78 is 13.5. The Kier molecular flexibility index (Phi) is 6.24. The fourth-order valence-electron chi connectivity index (χ4n) is 4.42. The molecule has 5 aromatic rings. The van der Waals surface area contributed by atoms with Gasteiger partial charge in [-0.3, -0.25) is 0 Å². The number of nitrogens with zero attached hydrogens (tertiary/aromatic N) is 3. The molecule has 5 rings (SSSR count). The molecule has 0 saturated carbocycles. The van der Waals surface area contributed by atoms with Crippen LogP contribution in [-0.2, 0) is 13.2 Å². The molecule has 3 aromatic carbocycles. The highest BCUT2D eigenvalue weighted by atomic mass is 35.5. The molecule has 0 atom stereocenters. The van der Waals surface area contributed by atoms with Crippen molar-refractivity contribution in [3.05, 3.63) is 99.7 Å². The van der Waals surface area contributed by atoms with Crippen LogP contribution < -0.4 is 4.74 Å². The van der Waals surface area contributed by atoms with E-state index in [-0.39, 0.29) is 12.2 Å². The Morgan fingerprint density at radius 3 is 2.64 bits per heavy atom. The molecule has 0 aliphatic heterocycles. The lowest BCUT2D eigenvalue weighted by Gasteiger charge is -2.13. The topological polar surface area (TPSA) is 90.4 Å². The number of rotatable bonds is 7. The van der Waals surface area contributed by atoms with Gasteiger partial charge in [-0.05, 0) is 55.7 Å². The average molecular weight is 502 g/mol. The molecule has 8 heteroatoms. The molecule has 182 valence electrons. The summed E-state index contributed by atoms with van der Waals surface area (Å²) in [4.78, 5) is 20.7. The first-order valence-electron chi connectivity index (χ1n) is 11.4. The number of carbonyl (C=O) groups is 1. The minimum Gasteiger partial charge on any atom is -0.489 e. The number of oxazole rings is 1. The van der Waals surface area contributed by atoms with Crippen LogP contribution in [0, 0.1) is 20.8 Å². The van der Waals surface area contributed by atoms with E-state index >= 15 is 0 Å². The lowest BCUT2D eigenvalue weighted by Crippen LogP contribution is -2.08. The normalized spacial score (nSPS) is 11.2. The predicted octanol–water partition coefficient (Wildman–Crippen LogP) is 6.60. The summed E-state index contributed by atoms with van der Waals surface area (Å²) >= 11 is 6.62. The summed E-state index contributed by atoms with van der Waals surface area (Å²) in [6.07, 6.45) is 3.13. The third-order valence-electron chi connectivity index (χ3n) is 6.24. The maximum absolute atomic E-state index is 11.7. The molecule has 2 aromatic heterocycles. The fraction of sp³-hybridized carbons (Fsp3) is 0.179. The van der Waals surface area contributed by atoms with Crippen molar-refractivity contribution in [2.24, 2.45) is 0 Å². The predicted molar refractivity (Wildman–Crippen MR) is 138 cm³/mol. The van der Waals surface area contributed by atoms with Crippen molar-refractivity contribution >= 4 is 28.6 Å². The fourth-order valence-corrected chi connectivity index (χ4v) is 4.66. The van der Waals surface area contributed by atoms with E-state index in [4.69, 9.17) is 25.7 Å². The SMILES string of the molecule is Cc1cccc(COc2cc(C)c3nc(C)n(Cc4ccc(-c5ncco5)cc4Cl)c3c2)c1C(=O)O. The highest BCUT2D eigenvalue weighted by molar-refractivity contribution is 6.31. The van der Waals surface area contributed by atoms with Gasteiger partial charge in [-0.2, -0.15) is 0 Å². The molecule has 1 N–H and O–H groups in total. The van der Waals surface area contributed by atoms with Crippen LogP contribution in [0.1, 0.15) is 38.4 Å². The summed E-state index contributed by atoms with van der Waals surface area (Å²) in [6, 6.07) is 15.0. The van der Waals surface area contributed by atoms with E-state index in [0.29, 0.717) is 34.3 Å². The zero-order valence-electron chi connectivity index (χ0n) is 20.1. The van der Waals surface area contributed by atoms with Gasteiger partial charge in [0.1, 0.15) is 24.4 Å². The molecule has 0 spiro atoms. The molecule has 0 saturated heterocycles. The van der Waals surface area contributed by atoms with Crippen molar-refractivity contribution in [2.45, 2.75) is 33.9 Å². The van der Waals surface area contributed by atoms with Crippen molar-refractivity contribution in [1.29, 1.82) is 0 Å². The van der Waals surface area contributed by atoms with Crippen LogP contribution in [0.3, 0.4) is 0 Å². The van der Waals surface area contributed by atoms with Crippen LogP contribution >= 0.6 is 11.6 Å². The van der Waals surface area contributed by atoms with Gasteiger partial charge in [-0.25, -0.2) is 14.8 Å². The quantitative estimate of drug-likeness (QED) is 0.270. The summed E-state index contributed by atoms with van der Waals surface area (Å²) in [5.74, 6) is 1.05. The summed E-state index contributed by atoms with van der Waals surface area (Å²) in [5, 5.41) is 10.2. The molecule has 7 nitrogen and oxygen atoms in total. The van der Waals surface area contributed by atoms with Crippen LogP contribution in [0.15, 0.2) is 65.4 Å². The van der Waals surface area contributed by atoms with E-state index in [9.17, 15) is 9.90 Å². The van der Waals surface area contributed by atoms with Gasteiger partial charge < -0.3 is 18.8 Å². The van der Waals surface area contributed by atoms with Crippen molar-refractivity contribution in [1.82, 2.24) is 14.5 Å². The number of carboxylic acids is 1. The second kappa shape index (κ2) is 9.51. The first-order chi connectivity index (χ1) is 17.3. The molecule has 0 bridgehead atoms. The smallest absolute Gasteiger partial charge is 0.336 e. The largest absolute Gasteiger partial charge is 0.489 e. The standard InChI is InChI=1S/C28H24ClN3O4/c1-16-5-4-6-21(25(16)28(33)34)15-36-22-11-17(2)26-24(13-22)32(18(3)31-26)14-20-8-7-19(12-23(20)29)27-30-9-10-35-27/h4-13H,14-15H2,1-3H3,(H,33,34). The zero-order chi connectivity index (χ0) is 25.4. The van der Waals surface area contributed by atoms with Crippen molar-refractivity contribution < 1.29 is 19.1 Å². The number of aromatic carboxylic acids is 1. The van der Waals surface area contributed by atoms with E-state index in [0.717, 1.165) is 33.5 Å². The highest BCUT2D eigenvalue weighted by Crippen LogP contribution is 2.30. The van der Waals surface area contributed by atoms with Gasteiger partial charge in [-0.1, -0.05) is 35.9 Å². The number of aryl methyl sites for hydroxylation is 3. The number of hydrogen-bond donors (Lipinski definition) is 1. The maximum atomic E-state index is 11.7. The summed E-state index contributed by atoms with van der Waals surface area (Å²) in [5.41, 5.74) is 6.12. The molecule has 0 unspecified atom stereocenters. The zero-order valence-corrected chi connectivity index (χ0v) is 20.8. The Hall–Kier alpha value is -4.10. The van der Waals surface area contributed by atoms with Crippen molar-refractivity contribution in [3.8, 4) is 17.2 Å². The van der Waals surface area contributed by atoms with Gasteiger partial charge in [0.15, 0.2) is 0 Å². The van der Waals surface area contributed by atoms with Crippen molar-refractivity contribution in [3.63, 3.8) is 0 Å². The van der Waals surface area contributed by atoms with Gasteiger partial charge in [0, 0.05) is 22.2 Å². The highest BCUT2D eigenvalue weighted by Gasteiger charge is 2.16. The molecule has 2 heterocycles. The first kappa shape index (κ1) is 23.6. The second-order valence-corrected chi connectivity index (χ2v) is 9.11. The molecule has 0 radical (unpaired) electrons. The van der Waals surface area contributed by atoms with Gasteiger partial charge in [-0.15, -0.1) is 0 Å². The van der Waals surface area contributed by atoms with Gasteiger partial charge in [0.25, 0.3) is 0 Å². The molecule has 0 aliphatic rings. The molecular weight excluding hydrogens is 478 g/mol. The van der Waals surface area contributed by atoms with Gasteiger partial charge in [0.05, 0.1) is 29.3 Å². The summed E-state index contributed by atoms with van der Waals surface area (Å²) in [7, 11) is 0. The number of aromatic nitrogens is 3. The molecule has 0 amide bonds. The van der Waals surface area contributed by atoms with Crippen molar-refractivity contribution in [2.75, 3.05) is 0 Å². The van der Waals surface area contributed by atoms with Crippen LogP contribution in [0.5, 0.6) is 5.75 Å². The Bertz CT molecular complexity index is 1590. The maximum Gasteiger partial charge on any atom is 0.336 e. The van der Waals surface area contributed by atoms with E-state index in [1.54, 1.807) is 25.3 Å². The van der Waals surface area contributed by atoms with E-state index in [1.165, 1.54) is 6.26 Å². The minimum atomic E-state index is -0.960. The Morgan fingerprint density at radius 2 is 1.92 bits per heavy atom. The third-order valence-corrected chi connectivity index (χ3v) is 6.59. The van der Waals surface area contributed by atoms with Crippen LogP contribution in [-0.4, -0.2) is 25.6 Å². The lowest BCUT2D eigenvalue weighted by atomic mass is 10.0.